The molecule has 0 spiro atoms. The first-order chi connectivity index (χ1) is 13.2. The fourth-order valence-electron chi connectivity index (χ4n) is 4.04. The second-order valence-electron chi connectivity index (χ2n) is 7.39. The van der Waals surface area contributed by atoms with Crippen molar-refractivity contribution in [1.29, 1.82) is 0 Å². The summed E-state index contributed by atoms with van der Waals surface area (Å²) in [6.45, 7) is 13.8. The van der Waals surface area contributed by atoms with Gasteiger partial charge in [0.05, 0.1) is 12.8 Å². The third kappa shape index (κ3) is 5.06. The normalized spacial score (nSPS) is 21.6. The number of anilines is 1. The largest absolute Gasteiger partial charge is 0.495 e. The average molecular weight is 374 g/mol. The van der Waals surface area contributed by atoms with Crippen LogP contribution in [0.2, 0.25) is 0 Å². The van der Waals surface area contributed by atoms with Gasteiger partial charge in [0.1, 0.15) is 5.75 Å². The number of aliphatic imine (C=N–C) groups is 1. The number of ether oxygens (including phenoxy) is 1. The second kappa shape index (κ2) is 9.83. The second-order valence-corrected chi connectivity index (χ2v) is 7.39. The lowest BCUT2D eigenvalue weighted by molar-refractivity contribution is 0.342. The van der Waals surface area contributed by atoms with Gasteiger partial charge < -0.3 is 24.8 Å². The highest BCUT2D eigenvalue weighted by Crippen LogP contribution is 2.28. The molecule has 27 heavy (non-hydrogen) atoms. The summed E-state index contributed by atoms with van der Waals surface area (Å²) in [5.74, 6) is 2.73. The Hall–Kier alpha value is -1.95. The highest BCUT2D eigenvalue weighted by molar-refractivity contribution is 5.80. The van der Waals surface area contributed by atoms with Crippen molar-refractivity contribution in [1.82, 2.24) is 15.1 Å². The lowest BCUT2D eigenvalue weighted by Crippen LogP contribution is -2.52. The van der Waals surface area contributed by atoms with Gasteiger partial charge in [-0.05, 0) is 44.5 Å². The third-order valence-electron chi connectivity index (χ3n) is 5.66. The summed E-state index contributed by atoms with van der Waals surface area (Å²) in [7, 11) is 1.74. The summed E-state index contributed by atoms with van der Waals surface area (Å²) >= 11 is 0. The lowest BCUT2D eigenvalue weighted by Gasteiger charge is -2.38. The van der Waals surface area contributed by atoms with Crippen LogP contribution in [0.4, 0.5) is 5.69 Å². The summed E-state index contributed by atoms with van der Waals surface area (Å²) < 4.78 is 5.53. The van der Waals surface area contributed by atoms with Gasteiger partial charge in [0, 0.05) is 45.8 Å². The number of piperazine rings is 1. The van der Waals surface area contributed by atoms with Crippen molar-refractivity contribution in [2.45, 2.75) is 20.3 Å². The van der Waals surface area contributed by atoms with Crippen molar-refractivity contribution in [2.24, 2.45) is 10.9 Å². The highest BCUT2D eigenvalue weighted by atomic mass is 16.5. The molecule has 0 radical (unpaired) electrons. The van der Waals surface area contributed by atoms with E-state index in [1.807, 2.05) is 12.1 Å². The van der Waals surface area contributed by atoms with Crippen LogP contribution in [-0.4, -0.2) is 81.8 Å². The van der Waals surface area contributed by atoms with E-state index in [2.05, 4.69) is 46.0 Å². The minimum Gasteiger partial charge on any atom is -0.495 e. The molecular formula is C21H35N5O. The number of benzene rings is 1. The average Bonchev–Trinajstić information content (AvgIpc) is 3.19. The number of nitrogens with one attached hydrogen (secondary N) is 1. The number of guanidine groups is 1. The maximum atomic E-state index is 5.53. The van der Waals surface area contributed by atoms with Crippen LogP contribution in [0.5, 0.6) is 5.75 Å². The van der Waals surface area contributed by atoms with Gasteiger partial charge in [0.15, 0.2) is 5.96 Å². The Kier molecular flexibility index (Phi) is 7.21. The Morgan fingerprint density at radius 3 is 2.59 bits per heavy atom. The highest BCUT2D eigenvalue weighted by Gasteiger charge is 2.23. The fraction of sp³-hybridized carbons (Fsp3) is 0.667. The molecule has 2 heterocycles. The van der Waals surface area contributed by atoms with Gasteiger partial charge in [0.2, 0.25) is 0 Å². The maximum Gasteiger partial charge on any atom is 0.194 e. The molecule has 6 heteroatoms. The Bertz CT molecular complexity index is 612. The number of rotatable bonds is 6. The van der Waals surface area contributed by atoms with Crippen LogP contribution in [0.15, 0.2) is 29.3 Å². The molecule has 1 N–H and O–H groups in total. The number of hydrogen-bond acceptors (Lipinski definition) is 4. The fourth-order valence-corrected chi connectivity index (χ4v) is 4.04. The lowest BCUT2D eigenvalue weighted by atomic mass is 10.1. The molecule has 2 saturated heterocycles. The zero-order valence-electron chi connectivity index (χ0n) is 17.2. The van der Waals surface area contributed by atoms with E-state index in [-0.39, 0.29) is 0 Å². The smallest absolute Gasteiger partial charge is 0.194 e. The van der Waals surface area contributed by atoms with Crippen LogP contribution in [0.1, 0.15) is 20.3 Å². The van der Waals surface area contributed by atoms with Crippen molar-refractivity contribution >= 4 is 11.6 Å². The van der Waals surface area contributed by atoms with Crippen LogP contribution >= 0.6 is 0 Å². The maximum absolute atomic E-state index is 5.53. The van der Waals surface area contributed by atoms with Crippen molar-refractivity contribution in [3.05, 3.63) is 24.3 Å². The first-order valence-corrected chi connectivity index (χ1v) is 10.4. The van der Waals surface area contributed by atoms with E-state index in [0.29, 0.717) is 5.92 Å². The van der Waals surface area contributed by atoms with E-state index in [0.717, 1.165) is 57.5 Å². The first kappa shape index (κ1) is 19.8. The molecule has 2 fully saturated rings. The van der Waals surface area contributed by atoms with E-state index in [1.54, 1.807) is 7.11 Å². The zero-order chi connectivity index (χ0) is 19.1. The quantitative estimate of drug-likeness (QED) is 0.611. The van der Waals surface area contributed by atoms with Crippen LogP contribution in [0, 0.1) is 5.92 Å². The molecule has 0 saturated carbocycles. The number of nitrogens with zero attached hydrogens (tertiary/aromatic N) is 4. The summed E-state index contributed by atoms with van der Waals surface area (Å²) in [6, 6.07) is 8.29. The summed E-state index contributed by atoms with van der Waals surface area (Å²) in [5, 5.41) is 3.50. The summed E-state index contributed by atoms with van der Waals surface area (Å²) in [4.78, 5) is 12.3. The molecule has 1 aromatic rings. The monoisotopic (exact) mass is 373 g/mol. The van der Waals surface area contributed by atoms with Gasteiger partial charge >= 0.3 is 0 Å². The molecule has 0 aliphatic carbocycles. The Morgan fingerprint density at radius 2 is 1.93 bits per heavy atom. The van der Waals surface area contributed by atoms with Gasteiger partial charge in [-0.2, -0.15) is 0 Å². The van der Waals surface area contributed by atoms with Crippen LogP contribution in [-0.2, 0) is 0 Å². The minimum atomic E-state index is 0.702. The van der Waals surface area contributed by atoms with Crippen LogP contribution in [0.25, 0.3) is 0 Å². The zero-order valence-corrected chi connectivity index (χ0v) is 17.2. The molecule has 3 rings (SSSR count). The Balaban J connectivity index is 1.57. The number of methoxy groups -OCH3 is 1. The molecule has 0 bridgehead atoms. The van der Waals surface area contributed by atoms with E-state index < -0.39 is 0 Å². The number of likely N-dealkylation sites (tertiary alicyclic amines) is 1. The van der Waals surface area contributed by atoms with Crippen molar-refractivity contribution < 1.29 is 4.74 Å². The van der Waals surface area contributed by atoms with Crippen molar-refractivity contribution in [3.8, 4) is 5.75 Å². The topological polar surface area (TPSA) is 43.3 Å². The molecule has 150 valence electrons. The van der Waals surface area contributed by atoms with Gasteiger partial charge in [-0.1, -0.05) is 19.1 Å². The third-order valence-corrected chi connectivity index (χ3v) is 5.66. The molecule has 1 aromatic carbocycles. The van der Waals surface area contributed by atoms with E-state index in [1.165, 1.54) is 25.2 Å². The van der Waals surface area contributed by atoms with Crippen LogP contribution in [0.3, 0.4) is 0 Å². The molecule has 0 amide bonds. The molecule has 2 aliphatic rings. The van der Waals surface area contributed by atoms with Crippen molar-refractivity contribution in [2.75, 3.05) is 70.9 Å². The van der Waals surface area contributed by atoms with Crippen molar-refractivity contribution in [3.63, 3.8) is 0 Å². The minimum absolute atomic E-state index is 0.702. The molecule has 0 aromatic heterocycles. The van der Waals surface area contributed by atoms with Gasteiger partial charge in [-0.3, -0.25) is 4.99 Å². The Labute approximate surface area is 164 Å². The molecular weight excluding hydrogens is 338 g/mol. The van der Waals surface area contributed by atoms with Gasteiger partial charge in [-0.15, -0.1) is 0 Å². The molecule has 6 nitrogen and oxygen atoms in total. The number of para-hydroxylation sites is 2. The van der Waals surface area contributed by atoms with Gasteiger partial charge in [-0.25, -0.2) is 0 Å². The summed E-state index contributed by atoms with van der Waals surface area (Å²) in [5.41, 5.74) is 1.19. The van der Waals surface area contributed by atoms with E-state index in [4.69, 9.17) is 9.73 Å². The summed E-state index contributed by atoms with van der Waals surface area (Å²) in [6.07, 6.45) is 1.28. The standard InChI is InChI=1S/C21H35N5O/c1-4-22-21(23-16-18-10-11-24(5-2)17-18)26-14-12-25(13-15-26)19-8-6-7-9-20(19)27-3/h6-9,18H,4-5,10-17H2,1-3H3,(H,22,23). The molecule has 1 atom stereocenters. The number of hydrogen-bond donors (Lipinski definition) is 1. The Morgan fingerprint density at radius 1 is 1.15 bits per heavy atom. The SMILES string of the molecule is CCNC(=NCC1CCN(CC)C1)N1CCN(c2ccccc2OC)CC1. The predicted octanol–water partition coefficient (Wildman–Crippen LogP) is 2.12. The first-order valence-electron chi connectivity index (χ1n) is 10.4. The van der Waals surface area contributed by atoms with E-state index in [9.17, 15) is 0 Å². The predicted molar refractivity (Wildman–Crippen MR) is 113 cm³/mol. The molecule has 2 aliphatic heterocycles. The van der Waals surface area contributed by atoms with Gasteiger partial charge in [0.25, 0.3) is 0 Å². The van der Waals surface area contributed by atoms with Crippen LogP contribution < -0.4 is 15.0 Å². The molecule has 1 unspecified atom stereocenters. The van der Waals surface area contributed by atoms with E-state index >= 15 is 0 Å².